The maximum atomic E-state index is 13.8. The van der Waals surface area contributed by atoms with E-state index in [1.165, 1.54) is 12.3 Å². The molecule has 4 nitrogen and oxygen atoms in total. The van der Waals surface area contributed by atoms with Gasteiger partial charge < -0.3 is 9.32 Å². The van der Waals surface area contributed by atoms with Crippen LogP contribution in [0.25, 0.3) is 0 Å². The number of rotatable bonds is 2. The van der Waals surface area contributed by atoms with Gasteiger partial charge in [-0.3, -0.25) is 9.78 Å². The van der Waals surface area contributed by atoms with Gasteiger partial charge in [-0.05, 0) is 31.0 Å². The van der Waals surface area contributed by atoms with Gasteiger partial charge in [0, 0.05) is 12.7 Å². The van der Waals surface area contributed by atoms with Crippen molar-refractivity contribution in [2.45, 2.75) is 31.7 Å². The lowest BCUT2D eigenvalue weighted by atomic mass is 10.1. The number of carbonyl (C=O) groups is 1. The topological polar surface area (TPSA) is 46.3 Å². The Morgan fingerprint density at radius 2 is 2.24 bits per heavy atom. The van der Waals surface area contributed by atoms with Crippen molar-refractivity contribution >= 4 is 5.91 Å². The number of furan rings is 1. The molecule has 1 atom stereocenters. The summed E-state index contributed by atoms with van der Waals surface area (Å²) in [7, 11) is 0. The first-order valence-corrected chi connectivity index (χ1v) is 7.21. The molecular formula is C16H17FN2O2. The van der Waals surface area contributed by atoms with Gasteiger partial charge in [-0.15, -0.1) is 0 Å². The number of carbonyl (C=O) groups excluding carboxylic acids is 1. The van der Waals surface area contributed by atoms with Gasteiger partial charge in [-0.25, -0.2) is 4.39 Å². The average Bonchev–Trinajstić information content (AvgIpc) is 2.91. The Morgan fingerprint density at radius 1 is 1.33 bits per heavy atom. The van der Waals surface area contributed by atoms with E-state index in [0.717, 1.165) is 37.6 Å². The van der Waals surface area contributed by atoms with E-state index in [1.807, 2.05) is 12.1 Å². The minimum Gasteiger partial charge on any atom is -0.467 e. The maximum absolute atomic E-state index is 13.8. The highest BCUT2D eigenvalue weighted by molar-refractivity contribution is 5.94. The molecule has 5 heteroatoms. The molecule has 1 aliphatic rings. The van der Waals surface area contributed by atoms with Gasteiger partial charge in [0.2, 0.25) is 0 Å². The molecule has 2 aromatic heterocycles. The Bertz CT molecular complexity index is 612. The number of amides is 1. The summed E-state index contributed by atoms with van der Waals surface area (Å²) in [6.45, 7) is 0.617. The van der Waals surface area contributed by atoms with Crippen molar-refractivity contribution in [3.63, 3.8) is 0 Å². The van der Waals surface area contributed by atoms with Gasteiger partial charge in [0.1, 0.15) is 5.76 Å². The molecule has 0 radical (unpaired) electrons. The van der Waals surface area contributed by atoms with Crippen molar-refractivity contribution < 1.29 is 13.6 Å². The number of hydrogen-bond donors (Lipinski definition) is 0. The third-order valence-corrected chi connectivity index (χ3v) is 3.89. The molecule has 1 amide bonds. The first-order chi connectivity index (χ1) is 10.3. The SMILES string of the molecule is O=C(c1ccncc1F)N1CCCCCC1c1ccco1. The molecule has 1 unspecified atom stereocenters. The molecule has 1 saturated heterocycles. The summed E-state index contributed by atoms with van der Waals surface area (Å²) >= 11 is 0. The molecule has 0 aromatic carbocycles. The largest absolute Gasteiger partial charge is 0.467 e. The van der Waals surface area contributed by atoms with E-state index in [-0.39, 0.29) is 17.5 Å². The minimum atomic E-state index is -0.579. The van der Waals surface area contributed by atoms with E-state index >= 15 is 0 Å². The van der Waals surface area contributed by atoms with Gasteiger partial charge in [-0.1, -0.05) is 12.8 Å². The maximum Gasteiger partial charge on any atom is 0.257 e. The zero-order valence-corrected chi connectivity index (χ0v) is 11.7. The highest BCUT2D eigenvalue weighted by atomic mass is 19.1. The van der Waals surface area contributed by atoms with Crippen LogP contribution < -0.4 is 0 Å². The lowest BCUT2D eigenvalue weighted by Gasteiger charge is -2.28. The quantitative estimate of drug-likeness (QED) is 0.848. The summed E-state index contributed by atoms with van der Waals surface area (Å²) in [5.74, 6) is -0.108. The molecule has 0 saturated carbocycles. The molecule has 0 N–H and O–H groups in total. The van der Waals surface area contributed by atoms with Crippen LogP contribution in [0.5, 0.6) is 0 Å². The number of pyridine rings is 1. The van der Waals surface area contributed by atoms with Crippen LogP contribution in [0.1, 0.15) is 47.8 Å². The molecule has 0 aliphatic carbocycles. The Labute approximate surface area is 122 Å². The fourth-order valence-electron chi connectivity index (χ4n) is 2.83. The fraction of sp³-hybridized carbons (Fsp3) is 0.375. The predicted molar refractivity (Wildman–Crippen MR) is 75.1 cm³/mol. The van der Waals surface area contributed by atoms with Crippen LogP contribution in [0.15, 0.2) is 41.3 Å². The van der Waals surface area contributed by atoms with E-state index in [9.17, 15) is 9.18 Å². The first-order valence-electron chi connectivity index (χ1n) is 7.21. The molecule has 110 valence electrons. The van der Waals surface area contributed by atoms with E-state index in [2.05, 4.69) is 4.98 Å². The van der Waals surface area contributed by atoms with Crippen LogP contribution in [0.3, 0.4) is 0 Å². The monoisotopic (exact) mass is 288 g/mol. The highest BCUT2D eigenvalue weighted by Crippen LogP contribution is 2.31. The first kappa shape index (κ1) is 13.8. The summed E-state index contributed by atoms with van der Waals surface area (Å²) in [5, 5.41) is 0. The third kappa shape index (κ3) is 2.82. The molecular weight excluding hydrogens is 271 g/mol. The van der Waals surface area contributed by atoms with Crippen LogP contribution in [0, 0.1) is 5.82 Å². The Kier molecular flexibility index (Phi) is 3.99. The van der Waals surface area contributed by atoms with Crippen molar-refractivity contribution in [3.05, 3.63) is 54.0 Å². The molecule has 0 spiro atoms. The van der Waals surface area contributed by atoms with E-state index in [1.54, 1.807) is 11.2 Å². The van der Waals surface area contributed by atoms with Crippen LogP contribution in [-0.2, 0) is 0 Å². The van der Waals surface area contributed by atoms with Gasteiger partial charge >= 0.3 is 0 Å². The van der Waals surface area contributed by atoms with Crippen LogP contribution >= 0.6 is 0 Å². The highest BCUT2D eigenvalue weighted by Gasteiger charge is 2.30. The zero-order chi connectivity index (χ0) is 14.7. The number of likely N-dealkylation sites (tertiary alicyclic amines) is 1. The molecule has 1 fully saturated rings. The number of nitrogens with zero attached hydrogens (tertiary/aromatic N) is 2. The Hall–Kier alpha value is -2.17. The normalized spacial score (nSPS) is 19.3. The summed E-state index contributed by atoms with van der Waals surface area (Å²) < 4.78 is 19.3. The summed E-state index contributed by atoms with van der Waals surface area (Å²) in [4.78, 5) is 18.1. The van der Waals surface area contributed by atoms with Crippen LogP contribution in [0.4, 0.5) is 4.39 Å². The smallest absolute Gasteiger partial charge is 0.257 e. The van der Waals surface area contributed by atoms with Crippen molar-refractivity contribution in [2.75, 3.05) is 6.54 Å². The van der Waals surface area contributed by atoms with Gasteiger partial charge in [-0.2, -0.15) is 0 Å². The van der Waals surface area contributed by atoms with E-state index < -0.39 is 5.82 Å². The summed E-state index contributed by atoms with van der Waals surface area (Å²) in [6.07, 6.45) is 7.99. The van der Waals surface area contributed by atoms with Crippen molar-refractivity contribution in [1.29, 1.82) is 0 Å². The molecule has 2 aromatic rings. The lowest BCUT2D eigenvalue weighted by Crippen LogP contribution is -2.35. The number of hydrogen-bond acceptors (Lipinski definition) is 3. The summed E-state index contributed by atoms with van der Waals surface area (Å²) in [6, 6.07) is 5.00. The molecule has 3 heterocycles. The van der Waals surface area contributed by atoms with Gasteiger partial charge in [0.25, 0.3) is 5.91 Å². The second-order valence-electron chi connectivity index (χ2n) is 5.23. The van der Waals surface area contributed by atoms with Crippen LogP contribution in [-0.4, -0.2) is 22.3 Å². The molecule has 1 aliphatic heterocycles. The van der Waals surface area contributed by atoms with Crippen molar-refractivity contribution in [1.82, 2.24) is 9.88 Å². The van der Waals surface area contributed by atoms with E-state index in [0.29, 0.717) is 6.54 Å². The van der Waals surface area contributed by atoms with Crippen molar-refractivity contribution in [2.24, 2.45) is 0 Å². The summed E-state index contributed by atoms with van der Waals surface area (Å²) in [5.41, 5.74) is 0.0726. The lowest BCUT2D eigenvalue weighted by molar-refractivity contribution is 0.0653. The Morgan fingerprint density at radius 3 is 3.00 bits per heavy atom. The van der Waals surface area contributed by atoms with E-state index in [4.69, 9.17) is 4.42 Å². The predicted octanol–water partition coefficient (Wildman–Crippen LogP) is 3.57. The van der Waals surface area contributed by atoms with Crippen molar-refractivity contribution in [3.8, 4) is 0 Å². The standard InChI is InChI=1S/C16H17FN2O2/c17-13-11-18-8-7-12(13)16(20)19-9-3-1-2-5-14(19)15-6-4-10-21-15/h4,6-8,10-11,14H,1-3,5,9H2. The molecule has 3 rings (SSSR count). The third-order valence-electron chi connectivity index (χ3n) is 3.89. The number of aromatic nitrogens is 1. The minimum absolute atomic E-state index is 0.0726. The van der Waals surface area contributed by atoms with Crippen LogP contribution in [0.2, 0.25) is 0 Å². The second kappa shape index (κ2) is 6.08. The molecule has 21 heavy (non-hydrogen) atoms. The average molecular weight is 288 g/mol. The van der Waals surface area contributed by atoms with Gasteiger partial charge in [0.15, 0.2) is 5.82 Å². The number of halogens is 1. The van der Waals surface area contributed by atoms with Gasteiger partial charge in [0.05, 0.1) is 24.1 Å². The second-order valence-corrected chi connectivity index (χ2v) is 5.23. The fourth-order valence-corrected chi connectivity index (χ4v) is 2.83. The Balaban J connectivity index is 1.93. The zero-order valence-electron chi connectivity index (χ0n) is 11.7. The molecule has 0 bridgehead atoms.